The maximum absolute atomic E-state index is 11.9. The average Bonchev–Trinajstić information content (AvgIpc) is 2.60. The molecule has 2 aromatic rings. The van der Waals surface area contributed by atoms with Crippen LogP contribution >= 0.6 is 0 Å². The first-order chi connectivity index (χ1) is 11.9. The molecule has 0 radical (unpaired) electrons. The van der Waals surface area contributed by atoms with E-state index in [0.29, 0.717) is 11.3 Å². The highest BCUT2D eigenvalue weighted by molar-refractivity contribution is 5.98. The standard InChI is InChI=1S/C18H15NO6/c1-12(20)16-11-15(24-2)8-9-17(16)25-18(21)10-5-13-3-6-14(7-4-13)19(22)23/h3-11H,1-2H3/b10-5+. The van der Waals surface area contributed by atoms with E-state index in [1.54, 1.807) is 6.07 Å². The van der Waals surface area contributed by atoms with Crippen molar-refractivity contribution in [3.8, 4) is 11.5 Å². The molecule has 2 rings (SSSR count). The Morgan fingerprint density at radius 2 is 1.80 bits per heavy atom. The van der Waals surface area contributed by atoms with E-state index < -0.39 is 10.9 Å². The van der Waals surface area contributed by atoms with Gasteiger partial charge in [0.25, 0.3) is 5.69 Å². The van der Waals surface area contributed by atoms with E-state index in [1.807, 2.05) is 0 Å². The van der Waals surface area contributed by atoms with Gasteiger partial charge in [-0.3, -0.25) is 14.9 Å². The van der Waals surface area contributed by atoms with Crippen LogP contribution in [0.15, 0.2) is 48.5 Å². The molecule has 0 saturated heterocycles. The number of Topliss-reactive ketones (excluding diaryl/α,β-unsaturated/α-hetero) is 1. The normalized spacial score (nSPS) is 10.5. The summed E-state index contributed by atoms with van der Waals surface area (Å²) in [6.45, 7) is 1.36. The molecule has 7 nitrogen and oxygen atoms in total. The summed E-state index contributed by atoms with van der Waals surface area (Å²) in [4.78, 5) is 33.7. The smallest absolute Gasteiger partial charge is 0.336 e. The van der Waals surface area contributed by atoms with Crippen LogP contribution in [0, 0.1) is 10.1 Å². The van der Waals surface area contributed by atoms with E-state index in [4.69, 9.17) is 9.47 Å². The number of rotatable bonds is 6. The molecule has 0 atom stereocenters. The van der Waals surface area contributed by atoms with Gasteiger partial charge >= 0.3 is 5.97 Å². The van der Waals surface area contributed by atoms with Gasteiger partial charge in [-0.1, -0.05) is 0 Å². The molecular formula is C18H15NO6. The molecule has 128 valence electrons. The zero-order valence-electron chi connectivity index (χ0n) is 13.6. The molecule has 2 aromatic carbocycles. The van der Waals surface area contributed by atoms with Crippen LogP contribution < -0.4 is 9.47 Å². The van der Waals surface area contributed by atoms with Crippen molar-refractivity contribution >= 4 is 23.5 Å². The Morgan fingerprint density at radius 3 is 2.36 bits per heavy atom. The zero-order valence-corrected chi connectivity index (χ0v) is 13.6. The zero-order chi connectivity index (χ0) is 18.4. The molecule has 25 heavy (non-hydrogen) atoms. The molecule has 0 saturated carbocycles. The molecule has 0 heterocycles. The van der Waals surface area contributed by atoms with Gasteiger partial charge in [0.15, 0.2) is 5.78 Å². The first-order valence-corrected chi connectivity index (χ1v) is 7.24. The number of nitro benzene ring substituents is 1. The van der Waals surface area contributed by atoms with Crippen LogP contribution in [0.1, 0.15) is 22.8 Å². The summed E-state index contributed by atoms with van der Waals surface area (Å²) in [5, 5.41) is 10.6. The van der Waals surface area contributed by atoms with Crippen molar-refractivity contribution < 1.29 is 24.0 Å². The lowest BCUT2D eigenvalue weighted by molar-refractivity contribution is -0.384. The molecule has 0 aliphatic carbocycles. The van der Waals surface area contributed by atoms with Gasteiger partial charge in [-0.25, -0.2) is 4.79 Å². The maximum atomic E-state index is 11.9. The number of ether oxygens (including phenoxy) is 2. The lowest BCUT2D eigenvalue weighted by Crippen LogP contribution is -2.07. The van der Waals surface area contributed by atoms with Crippen molar-refractivity contribution in [3.63, 3.8) is 0 Å². The Balaban J connectivity index is 2.12. The lowest BCUT2D eigenvalue weighted by atomic mass is 10.1. The first kappa shape index (κ1) is 17.9. The Bertz CT molecular complexity index is 839. The first-order valence-electron chi connectivity index (χ1n) is 7.24. The van der Waals surface area contributed by atoms with Crippen LogP contribution in [0.3, 0.4) is 0 Å². The fourth-order valence-electron chi connectivity index (χ4n) is 2.01. The van der Waals surface area contributed by atoms with Gasteiger partial charge in [0.1, 0.15) is 11.5 Å². The summed E-state index contributed by atoms with van der Waals surface area (Å²) in [5.74, 6) is -0.329. The number of ketones is 1. The number of carbonyl (C=O) groups is 2. The monoisotopic (exact) mass is 341 g/mol. The van der Waals surface area contributed by atoms with Crippen LogP contribution in [0.5, 0.6) is 11.5 Å². The Labute approximate surface area is 143 Å². The second-order valence-electron chi connectivity index (χ2n) is 5.02. The number of hydrogen-bond donors (Lipinski definition) is 0. The van der Waals surface area contributed by atoms with E-state index >= 15 is 0 Å². The number of esters is 1. The molecule has 0 amide bonds. The van der Waals surface area contributed by atoms with Crippen molar-refractivity contribution in [2.24, 2.45) is 0 Å². The highest BCUT2D eigenvalue weighted by Gasteiger charge is 2.12. The third kappa shape index (κ3) is 4.74. The van der Waals surface area contributed by atoms with Crippen LogP contribution in [0.2, 0.25) is 0 Å². The minimum atomic E-state index is -0.675. The fourth-order valence-corrected chi connectivity index (χ4v) is 2.01. The Hall–Kier alpha value is -3.48. The van der Waals surface area contributed by atoms with Gasteiger partial charge in [-0.05, 0) is 48.9 Å². The number of hydrogen-bond acceptors (Lipinski definition) is 6. The largest absolute Gasteiger partial charge is 0.497 e. The Kier molecular flexibility index (Phi) is 5.62. The lowest BCUT2D eigenvalue weighted by Gasteiger charge is -2.08. The minimum Gasteiger partial charge on any atom is -0.497 e. The molecule has 0 aliphatic rings. The van der Waals surface area contributed by atoms with Crippen molar-refractivity contribution in [1.82, 2.24) is 0 Å². The summed E-state index contributed by atoms with van der Waals surface area (Å²) in [6, 6.07) is 10.2. The van der Waals surface area contributed by atoms with Gasteiger partial charge in [-0.2, -0.15) is 0 Å². The summed E-state index contributed by atoms with van der Waals surface area (Å²) < 4.78 is 10.2. The summed E-state index contributed by atoms with van der Waals surface area (Å²) in [7, 11) is 1.47. The predicted molar refractivity (Wildman–Crippen MR) is 90.8 cm³/mol. The van der Waals surface area contributed by atoms with Crippen LogP contribution in [0.25, 0.3) is 6.08 Å². The molecule has 0 bridgehead atoms. The van der Waals surface area contributed by atoms with Crippen molar-refractivity contribution in [3.05, 3.63) is 69.8 Å². The number of benzene rings is 2. The van der Waals surface area contributed by atoms with Gasteiger partial charge < -0.3 is 9.47 Å². The molecule has 0 aliphatic heterocycles. The second-order valence-corrected chi connectivity index (χ2v) is 5.02. The third-order valence-electron chi connectivity index (χ3n) is 3.29. The molecule has 0 fully saturated rings. The van der Waals surface area contributed by atoms with E-state index in [1.165, 1.54) is 62.6 Å². The quantitative estimate of drug-likeness (QED) is 0.199. The minimum absolute atomic E-state index is 0.0379. The van der Waals surface area contributed by atoms with Crippen LogP contribution in [-0.4, -0.2) is 23.8 Å². The second kappa shape index (κ2) is 7.87. The predicted octanol–water partition coefficient (Wildman–Crippen LogP) is 3.42. The molecule has 0 N–H and O–H groups in total. The number of methoxy groups -OCH3 is 1. The van der Waals surface area contributed by atoms with Crippen molar-refractivity contribution in [1.29, 1.82) is 0 Å². The molecular weight excluding hydrogens is 326 g/mol. The van der Waals surface area contributed by atoms with Gasteiger partial charge in [0, 0.05) is 18.2 Å². The molecule has 0 spiro atoms. The maximum Gasteiger partial charge on any atom is 0.336 e. The van der Waals surface area contributed by atoms with Gasteiger partial charge in [0.05, 0.1) is 17.6 Å². The highest BCUT2D eigenvalue weighted by atomic mass is 16.6. The highest BCUT2D eigenvalue weighted by Crippen LogP contribution is 2.25. The van der Waals surface area contributed by atoms with E-state index in [0.717, 1.165) is 0 Å². The molecule has 0 aromatic heterocycles. The van der Waals surface area contributed by atoms with Gasteiger partial charge in [-0.15, -0.1) is 0 Å². The number of nitro groups is 1. The third-order valence-corrected chi connectivity index (χ3v) is 3.29. The van der Waals surface area contributed by atoms with Crippen LogP contribution in [-0.2, 0) is 4.79 Å². The summed E-state index contributed by atoms with van der Waals surface area (Å²) >= 11 is 0. The number of non-ortho nitro benzene ring substituents is 1. The number of carbonyl (C=O) groups excluding carboxylic acids is 2. The van der Waals surface area contributed by atoms with E-state index in [9.17, 15) is 19.7 Å². The fraction of sp³-hybridized carbons (Fsp3) is 0.111. The van der Waals surface area contributed by atoms with Crippen molar-refractivity contribution in [2.75, 3.05) is 7.11 Å². The number of nitrogens with zero attached hydrogens (tertiary/aromatic N) is 1. The molecule has 0 unspecified atom stereocenters. The SMILES string of the molecule is COc1ccc(OC(=O)/C=C/c2ccc([N+](=O)[O-])cc2)c(C(C)=O)c1. The van der Waals surface area contributed by atoms with Crippen LogP contribution in [0.4, 0.5) is 5.69 Å². The Morgan fingerprint density at radius 1 is 1.12 bits per heavy atom. The topological polar surface area (TPSA) is 95.7 Å². The van der Waals surface area contributed by atoms with E-state index in [2.05, 4.69) is 0 Å². The summed E-state index contributed by atoms with van der Waals surface area (Å²) in [6.07, 6.45) is 2.64. The summed E-state index contributed by atoms with van der Waals surface area (Å²) in [5.41, 5.74) is 0.796. The average molecular weight is 341 g/mol. The molecule has 7 heteroatoms. The van der Waals surface area contributed by atoms with Crippen molar-refractivity contribution in [2.45, 2.75) is 6.92 Å². The van der Waals surface area contributed by atoms with Gasteiger partial charge in [0.2, 0.25) is 0 Å². The van der Waals surface area contributed by atoms with E-state index in [-0.39, 0.29) is 22.8 Å².